The maximum atomic E-state index is 9.73. The van der Waals surface area contributed by atoms with E-state index in [-0.39, 0.29) is 0 Å². The molecule has 1 unspecified atom stereocenters. The summed E-state index contributed by atoms with van der Waals surface area (Å²) in [7, 11) is 1.59. The molecule has 4 nitrogen and oxygen atoms in total. The van der Waals surface area contributed by atoms with Crippen LogP contribution in [0.3, 0.4) is 0 Å². The molecule has 4 heteroatoms. The van der Waals surface area contributed by atoms with E-state index in [0.717, 1.165) is 11.0 Å². The van der Waals surface area contributed by atoms with Gasteiger partial charge in [0.1, 0.15) is 0 Å². The van der Waals surface area contributed by atoms with Gasteiger partial charge in [-0.3, -0.25) is 0 Å². The number of hydrogen-bond donors (Lipinski definition) is 1. The summed E-state index contributed by atoms with van der Waals surface area (Å²) < 4.78 is 6.89. The minimum absolute atomic E-state index is 0.338. The van der Waals surface area contributed by atoms with Crippen molar-refractivity contribution in [3.8, 4) is 0 Å². The van der Waals surface area contributed by atoms with E-state index in [1.54, 1.807) is 13.4 Å². The molecule has 0 fully saturated rings. The Labute approximate surface area is 101 Å². The topological polar surface area (TPSA) is 47.3 Å². The quantitative estimate of drug-likeness (QED) is 0.875. The summed E-state index contributed by atoms with van der Waals surface area (Å²) in [6.45, 7) is 5.00. The summed E-state index contributed by atoms with van der Waals surface area (Å²) in [5.74, 6) is 0. The van der Waals surface area contributed by atoms with Crippen molar-refractivity contribution in [2.45, 2.75) is 26.5 Å². The fourth-order valence-electron chi connectivity index (χ4n) is 1.93. The van der Waals surface area contributed by atoms with Crippen molar-refractivity contribution in [3.05, 3.63) is 29.6 Å². The van der Waals surface area contributed by atoms with Crippen LogP contribution in [-0.2, 0) is 11.3 Å². The summed E-state index contributed by atoms with van der Waals surface area (Å²) in [6.07, 6.45) is 1.27. The lowest BCUT2D eigenvalue weighted by Crippen LogP contribution is -2.20. The zero-order chi connectivity index (χ0) is 12.4. The minimum atomic E-state index is -0.501. The monoisotopic (exact) mass is 234 g/mol. The molecule has 0 radical (unpaired) electrons. The molecule has 1 aromatic heterocycles. The van der Waals surface area contributed by atoms with Gasteiger partial charge in [0.05, 0.1) is 36.6 Å². The molecule has 1 atom stereocenters. The number of fused-ring (bicyclic) bond motifs is 1. The second kappa shape index (κ2) is 4.85. The van der Waals surface area contributed by atoms with Crippen molar-refractivity contribution in [3.63, 3.8) is 0 Å². The number of ether oxygens (including phenoxy) is 1. The third-order valence-corrected chi connectivity index (χ3v) is 3.00. The number of aryl methyl sites for hydroxylation is 2. The Morgan fingerprint density at radius 3 is 2.76 bits per heavy atom. The number of aromatic nitrogens is 2. The van der Waals surface area contributed by atoms with Crippen molar-refractivity contribution >= 4 is 11.0 Å². The van der Waals surface area contributed by atoms with Gasteiger partial charge in [0.25, 0.3) is 0 Å². The molecule has 1 aromatic carbocycles. The molecule has 0 aliphatic heterocycles. The number of rotatable bonds is 4. The highest BCUT2D eigenvalue weighted by Gasteiger charge is 2.09. The molecule has 17 heavy (non-hydrogen) atoms. The minimum Gasteiger partial charge on any atom is -0.389 e. The number of aliphatic hydroxyl groups excluding tert-OH is 1. The zero-order valence-electron chi connectivity index (χ0n) is 10.5. The molecule has 1 heterocycles. The van der Waals surface area contributed by atoms with Crippen LogP contribution in [0, 0.1) is 13.8 Å². The van der Waals surface area contributed by atoms with Crippen molar-refractivity contribution < 1.29 is 9.84 Å². The van der Waals surface area contributed by atoms with E-state index in [0.29, 0.717) is 13.2 Å². The second-order valence-electron chi connectivity index (χ2n) is 4.43. The van der Waals surface area contributed by atoms with Crippen LogP contribution < -0.4 is 0 Å². The molecule has 0 aliphatic carbocycles. The van der Waals surface area contributed by atoms with Gasteiger partial charge in [-0.05, 0) is 37.1 Å². The second-order valence-corrected chi connectivity index (χ2v) is 4.43. The van der Waals surface area contributed by atoms with Crippen molar-refractivity contribution in [1.29, 1.82) is 0 Å². The molecular weight excluding hydrogens is 216 g/mol. The zero-order valence-corrected chi connectivity index (χ0v) is 10.5. The van der Waals surface area contributed by atoms with Crippen LogP contribution in [0.1, 0.15) is 11.1 Å². The van der Waals surface area contributed by atoms with Crippen LogP contribution in [-0.4, -0.2) is 34.5 Å². The summed E-state index contributed by atoms with van der Waals surface area (Å²) in [5, 5.41) is 9.73. The SMILES string of the molecule is COCC(O)Cn1cnc2cc(C)c(C)cc21. The number of imidazole rings is 1. The molecule has 0 bridgehead atoms. The standard InChI is InChI=1S/C13H18N2O2/c1-9-4-12-13(5-10(9)2)15(8-14-12)6-11(16)7-17-3/h4-5,8,11,16H,6-7H2,1-3H3. The first kappa shape index (κ1) is 12.1. The lowest BCUT2D eigenvalue weighted by Gasteiger charge is -2.11. The highest BCUT2D eigenvalue weighted by Crippen LogP contribution is 2.18. The Bertz CT molecular complexity index is 519. The largest absolute Gasteiger partial charge is 0.389 e. The predicted octanol–water partition coefficient (Wildman–Crippen LogP) is 1.66. The van der Waals surface area contributed by atoms with E-state index in [4.69, 9.17) is 4.74 Å². The molecule has 0 amide bonds. The average Bonchev–Trinajstić information content (AvgIpc) is 2.63. The maximum Gasteiger partial charge on any atom is 0.0959 e. The van der Waals surface area contributed by atoms with E-state index < -0.39 is 6.10 Å². The Balaban J connectivity index is 2.32. The van der Waals surface area contributed by atoms with Gasteiger partial charge in [0.15, 0.2) is 0 Å². The number of aliphatic hydroxyl groups is 1. The summed E-state index contributed by atoms with van der Waals surface area (Å²) >= 11 is 0. The number of nitrogens with zero attached hydrogens (tertiary/aromatic N) is 2. The van der Waals surface area contributed by atoms with Crippen LogP contribution in [0.4, 0.5) is 0 Å². The molecule has 1 N–H and O–H groups in total. The highest BCUT2D eigenvalue weighted by molar-refractivity contribution is 5.77. The van der Waals surface area contributed by atoms with Gasteiger partial charge in [-0.25, -0.2) is 4.98 Å². The van der Waals surface area contributed by atoms with Gasteiger partial charge in [0.2, 0.25) is 0 Å². The molecule has 2 rings (SSSR count). The fraction of sp³-hybridized carbons (Fsp3) is 0.462. The Hall–Kier alpha value is -1.39. The van der Waals surface area contributed by atoms with Crippen molar-refractivity contribution in [1.82, 2.24) is 9.55 Å². The smallest absolute Gasteiger partial charge is 0.0959 e. The van der Waals surface area contributed by atoms with Gasteiger partial charge >= 0.3 is 0 Å². The lowest BCUT2D eigenvalue weighted by atomic mass is 10.1. The van der Waals surface area contributed by atoms with Crippen LogP contribution >= 0.6 is 0 Å². The van der Waals surface area contributed by atoms with Gasteiger partial charge in [-0.15, -0.1) is 0 Å². The van der Waals surface area contributed by atoms with Gasteiger partial charge in [-0.2, -0.15) is 0 Å². The predicted molar refractivity (Wildman–Crippen MR) is 67.1 cm³/mol. The molecule has 0 saturated heterocycles. The first-order valence-electron chi connectivity index (χ1n) is 5.71. The summed E-state index contributed by atoms with van der Waals surface area (Å²) in [5.41, 5.74) is 4.50. The van der Waals surface area contributed by atoms with Gasteiger partial charge in [-0.1, -0.05) is 0 Å². The fourth-order valence-corrected chi connectivity index (χ4v) is 1.93. The van der Waals surface area contributed by atoms with Crippen LogP contribution in [0.15, 0.2) is 18.5 Å². The van der Waals surface area contributed by atoms with Crippen molar-refractivity contribution in [2.75, 3.05) is 13.7 Å². The van der Waals surface area contributed by atoms with Crippen LogP contribution in [0.2, 0.25) is 0 Å². The third-order valence-electron chi connectivity index (χ3n) is 3.00. The molecule has 0 aliphatic rings. The van der Waals surface area contributed by atoms with Gasteiger partial charge in [0, 0.05) is 7.11 Å². The maximum absolute atomic E-state index is 9.73. The van der Waals surface area contributed by atoms with E-state index in [9.17, 15) is 5.11 Å². The lowest BCUT2D eigenvalue weighted by molar-refractivity contribution is 0.0544. The third kappa shape index (κ3) is 2.48. The van der Waals surface area contributed by atoms with Gasteiger partial charge < -0.3 is 14.4 Å². The molecule has 0 saturated carbocycles. The van der Waals surface area contributed by atoms with Crippen LogP contribution in [0.5, 0.6) is 0 Å². The Morgan fingerprint density at radius 1 is 1.35 bits per heavy atom. The normalized spacial score (nSPS) is 13.2. The Kier molecular flexibility index (Phi) is 3.45. The highest BCUT2D eigenvalue weighted by atomic mass is 16.5. The molecule has 0 spiro atoms. The van der Waals surface area contributed by atoms with E-state index in [1.165, 1.54) is 11.1 Å². The first-order valence-corrected chi connectivity index (χ1v) is 5.71. The Morgan fingerprint density at radius 2 is 2.06 bits per heavy atom. The van der Waals surface area contributed by atoms with E-state index in [2.05, 4.69) is 31.0 Å². The number of methoxy groups -OCH3 is 1. The number of benzene rings is 1. The number of hydrogen-bond acceptors (Lipinski definition) is 3. The first-order chi connectivity index (χ1) is 8.11. The molecular formula is C13H18N2O2. The molecule has 2 aromatic rings. The summed E-state index contributed by atoms with van der Waals surface area (Å²) in [6, 6.07) is 4.18. The summed E-state index contributed by atoms with van der Waals surface area (Å²) in [4.78, 5) is 4.34. The molecule has 92 valence electrons. The average molecular weight is 234 g/mol. The van der Waals surface area contributed by atoms with Crippen LogP contribution in [0.25, 0.3) is 11.0 Å². The van der Waals surface area contributed by atoms with Crippen molar-refractivity contribution in [2.24, 2.45) is 0 Å². The van der Waals surface area contributed by atoms with E-state index >= 15 is 0 Å². The van der Waals surface area contributed by atoms with E-state index in [1.807, 2.05) is 4.57 Å².